The maximum Gasteiger partial charge on any atom is 0.270 e. The van der Waals surface area contributed by atoms with Gasteiger partial charge in [0.2, 0.25) is 0 Å². The van der Waals surface area contributed by atoms with Crippen molar-refractivity contribution in [3.8, 4) is 11.5 Å². The third kappa shape index (κ3) is 2.47. The van der Waals surface area contributed by atoms with Gasteiger partial charge in [-0.25, -0.2) is 0 Å². The highest BCUT2D eigenvalue weighted by molar-refractivity contribution is 6.21. The topological polar surface area (TPSA) is 99.0 Å². The molecule has 2 amide bonds. The molecule has 8 nitrogen and oxygen atoms in total. The van der Waals surface area contributed by atoms with Crippen molar-refractivity contribution in [1.82, 2.24) is 4.90 Å². The van der Waals surface area contributed by atoms with Crippen molar-refractivity contribution >= 4 is 17.5 Å². The van der Waals surface area contributed by atoms with Gasteiger partial charge in [0.1, 0.15) is 13.2 Å². The van der Waals surface area contributed by atoms with E-state index < -0.39 is 16.7 Å². The molecule has 2 aliphatic rings. The second-order valence-electron chi connectivity index (χ2n) is 5.66. The van der Waals surface area contributed by atoms with Gasteiger partial charge in [0, 0.05) is 12.1 Å². The minimum absolute atomic E-state index is 0.0524. The van der Waals surface area contributed by atoms with Crippen LogP contribution < -0.4 is 9.47 Å². The number of carbonyl (C=O) groups excluding carboxylic acids is 2. The number of carbonyl (C=O) groups is 2. The maximum absolute atomic E-state index is 12.5. The van der Waals surface area contributed by atoms with E-state index in [-0.39, 0.29) is 23.4 Å². The number of rotatable bonds is 3. The van der Waals surface area contributed by atoms with Gasteiger partial charge in [-0.05, 0) is 23.8 Å². The molecule has 0 radical (unpaired) electrons. The lowest BCUT2D eigenvalue weighted by Crippen LogP contribution is -2.29. The van der Waals surface area contributed by atoms with Crippen molar-refractivity contribution in [1.29, 1.82) is 0 Å². The van der Waals surface area contributed by atoms with Gasteiger partial charge in [-0.1, -0.05) is 6.07 Å². The van der Waals surface area contributed by atoms with Gasteiger partial charge in [0.15, 0.2) is 11.5 Å². The van der Waals surface area contributed by atoms with Gasteiger partial charge in [-0.15, -0.1) is 0 Å². The number of nitrogens with zero attached hydrogens (tertiary/aromatic N) is 2. The molecular formula is C17H12N2O6. The summed E-state index contributed by atoms with van der Waals surface area (Å²) in [5.41, 5.74) is 0.708. The Balaban J connectivity index is 1.62. The molecule has 2 aromatic carbocycles. The van der Waals surface area contributed by atoms with Crippen molar-refractivity contribution in [2.75, 3.05) is 13.2 Å². The van der Waals surface area contributed by atoms with Gasteiger partial charge in [-0.2, -0.15) is 0 Å². The SMILES string of the molecule is O=C1c2ccc([N+](=O)[O-])cc2C(=O)N1Cc1ccc2c(c1)OCCO2. The first kappa shape index (κ1) is 15.1. The lowest BCUT2D eigenvalue weighted by Gasteiger charge is -2.20. The maximum atomic E-state index is 12.5. The quantitative estimate of drug-likeness (QED) is 0.482. The van der Waals surface area contributed by atoms with Gasteiger partial charge in [0.05, 0.1) is 22.6 Å². The summed E-state index contributed by atoms with van der Waals surface area (Å²) in [6.07, 6.45) is 0. The van der Waals surface area contributed by atoms with Crippen molar-refractivity contribution in [3.05, 3.63) is 63.2 Å². The van der Waals surface area contributed by atoms with Crippen LogP contribution in [0.2, 0.25) is 0 Å². The molecule has 0 aliphatic carbocycles. The molecule has 0 saturated carbocycles. The number of amides is 2. The number of benzene rings is 2. The highest BCUT2D eigenvalue weighted by Crippen LogP contribution is 2.33. The Hall–Kier alpha value is -3.42. The van der Waals surface area contributed by atoms with Crippen LogP contribution in [0.4, 0.5) is 5.69 Å². The Kier molecular flexibility index (Phi) is 3.38. The van der Waals surface area contributed by atoms with Gasteiger partial charge < -0.3 is 9.47 Å². The largest absolute Gasteiger partial charge is 0.486 e. The standard InChI is InChI=1S/C17H12N2O6/c20-16-12-3-2-11(19(22)23)8-13(12)17(21)18(16)9-10-1-4-14-15(7-10)25-6-5-24-14/h1-4,7-8H,5-6,9H2. The van der Waals surface area contributed by atoms with E-state index in [1.807, 2.05) is 0 Å². The van der Waals surface area contributed by atoms with Crippen LogP contribution in [0.15, 0.2) is 36.4 Å². The first-order valence-electron chi connectivity index (χ1n) is 7.58. The summed E-state index contributed by atoms with van der Waals surface area (Å²) in [6, 6.07) is 8.88. The van der Waals surface area contributed by atoms with Crippen LogP contribution >= 0.6 is 0 Å². The van der Waals surface area contributed by atoms with Crippen LogP contribution in [-0.2, 0) is 6.54 Å². The van der Waals surface area contributed by atoms with Crippen LogP contribution in [0.25, 0.3) is 0 Å². The Bertz CT molecular complexity index is 923. The smallest absolute Gasteiger partial charge is 0.270 e. The van der Waals surface area contributed by atoms with E-state index in [0.29, 0.717) is 30.3 Å². The predicted octanol–water partition coefficient (Wildman–Crippen LogP) is 2.16. The number of ether oxygens (including phenoxy) is 2. The molecule has 0 fully saturated rings. The molecule has 0 N–H and O–H groups in total. The number of non-ortho nitro benzene ring substituents is 1. The monoisotopic (exact) mass is 340 g/mol. The normalized spacial score (nSPS) is 15.3. The summed E-state index contributed by atoms with van der Waals surface area (Å²) in [4.78, 5) is 36.3. The third-order valence-electron chi connectivity index (χ3n) is 4.11. The van der Waals surface area contributed by atoms with Crippen molar-refractivity contribution in [2.24, 2.45) is 0 Å². The van der Waals surface area contributed by atoms with Crippen LogP contribution in [0.3, 0.4) is 0 Å². The van der Waals surface area contributed by atoms with E-state index in [9.17, 15) is 19.7 Å². The van der Waals surface area contributed by atoms with Crippen LogP contribution in [0.1, 0.15) is 26.3 Å². The number of hydrogen-bond donors (Lipinski definition) is 0. The molecule has 0 bridgehead atoms. The average molecular weight is 340 g/mol. The summed E-state index contributed by atoms with van der Waals surface area (Å²) in [6.45, 7) is 0.966. The van der Waals surface area contributed by atoms with Crippen LogP contribution in [0.5, 0.6) is 11.5 Å². The van der Waals surface area contributed by atoms with E-state index >= 15 is 0 Å². The number of imide groups is 1. The highest BCUT2D eigenvalue weighted by Gasteiger charge is 2.36. The highest BCUT2D eigenvalue weighted by atomic mass is 16.6. The summed E-state index contributed by atoms with van der Waals surface area (Å²) in [5, 5.41) is 10.9. The lowest BCUT2D eigenvalue weighted by molar-refractivity contribution is -0.384. The minimum atomic E-state index is -0.596. The Morgan fingerprint density at radius 1 is 0.960 bits per heavy atom. The fourth-order valence-electron chi connectivity index (χ4n) is 2.90. The second kappa shape index (κ2) is 5.59. The average Bonchev–Trinajstić information content (AvgIpc) is 2.86. The molecule has 8 heteroatoms. The van der Waals surface area contributed by atoms with Crippen molar-refractivity contribution in [2.45, 2.75) is 6.54 Å². The molecule has 126 valence electrons. The molecule has 25 heavy (non-hydrogen) atoms. The molecule has 2 aromatic rings. The Morgan fingerprint density at radius 2 is 1.68 bits per heavy atom. The van der Waals surface area contributed by atoms with Crippen molar-refractivity contribution < 1.29 is 24.0 Å². The first-order chi connectivity index (χ1) is 12.0. The molecule has 2 aliphatic heterocycles. The second-order valence-corrected chi connectivity index (χ2v) is 5.66. The van der Waals surface area contributed by atoms with Crippen LogP contribution in [0, 0.1) is 10.1 Å². The zero-order chi connectivity index (χ0) is 17.6. The summed E-state index contributed by atoms with van der Waals surface area (Å²) >= 11 is 0. The fourth-order valence-corrected chi connectivity index (χ4v) is 2.90. The van der Waals surface area contributed by atoms with E-state index in [0.717, 1.165) is 11.0 Å². The van der Waals surface area contributed by atoms with E-state index in [4.69, 9.17) is 9.47 Å². The van der Waals surface area contributed by atoms with E-state index in [2.05, 4.69) is 0 Å². The number of nitro benzene ring substituents is 1. The molecule has 4 rings (SSSR count). The fraction of sp³-hybridized carbons (Fsp3) is 0.176. The first-order valence-corrected chi connectivity index (χ1v) is 7.58. The third-order valence-corrected chi connectivity index (χ3v) is 4.11. The molecule has 0 spiro atoms. The zero-order valence-electron chi connectivity index (χ0n) is 12.9. The van der Waals surface area contributed by atoms with Crippen molar-refractivity contribution in [3.63, 3.8) is 0 Å². The number of hydrogen-bond acceptors (Lipinski definition) is 6. The van der Waals surface area contributed by atoms with Gasteiger partial charge >= 0.3 is 0 Å². The molecule has 2 heterocycles. The summed E-state index contributed by atoms with van der Waals surface area (Å²) in [7, 11) is 0. The Morgan fingerprint density at radius 3 is 2.44 bits per heavy atom. The molecule has 0 unspecified atom stereocenters. The Labute approximate surface area is 141 Å². The van der Waals surface area contributed by atoms with Gasteiger partial charge in [0.25, 0.3) is 17.5 Å². The number of nitro groups is 1. The molecule has 0 atom stereocenters. The molecule has 0 aromatic heterocycles. The zero-order valence-corrected chi connectivity index (χ0v) is 12.9. The van der Waals surface area contributed by atoms with Crippen LogP contribution in [-0.4, -0.2) is 34.9 Å². The molecular weight excluding hydrogens is 328 g/mol. The summed E-state index contributed by atoms with van der Waals surface area (Å²) in [5.74, 6) is 0.173. The predicted molar refractivity (Wildman–Crippen MR) is 84.7 cm³/mol. The molecule has 0 saturated heterocycles. The minimum Gasteiger partial charge on any atom is -0.486 e. The van der Waals surface area contributed by atoms with Gasteiger partial charge in [-0.3, -0.25) is 24.6 Å². The van der Waals surface area contributed by atoms with E-state index in [1.165, 1.54) is 12.1 Å². The van der Waals surface area contributed by atoms with E-state index in [1.54, 1.807) is 18.2 Å². The summed E-state index contributed by atoms with van der Waals surface area (Å²) < 4.78 is 10.9. The lowest BCUT2D eigenvalue weighted by atomic mass is 10.1. The number of fused-ring (bicyclic) bond motifs is 2.